The maximum Gasteiger partial charge on any atom is 0.230 e. The van der Waals surface area contributed by atoms with Gasteiger partial charge < -0.3 is 10.1 Å². The molecule has 118 valence electrons. The normalized spacial score (nSPS) is 11.1. The van der Waals surface area contributed by atoms with Gasteiger partial charge in [-0.1, -0.05) is 11.6 Å². The molecule has 0 fully saturated rings. The van der Waals surface area contributed by atoms with Crippen LogP contribution in [0.25, 0.3) is 0 Å². The van der Waals surface area contributed by atoms with Crippen LogP contribution in [0.4, 0.5) is 17.2 Å². The highest BCUT2D eigenvalue weighted by molar-refractivity contribution is 7.92. The molecule has 8 heteroatoms. The maximum atomic E-state index is 11.1. The van der Waals surface area contributed by atoms with Crippen molar-refractivity contribution in [2.45, 2.75) is 6.92 Å². The van der Waals surface area contributed by atoms with E-state index in [1.807, 2.05) is 13.0 Å². The lowest BCUT2D eigenvalue weighted by Crippen LogP contribution is -2.10. The molecule has 1 heterocycles. The summed E-state index contributed by atoms with van der Waals surface area (Å²) in [7, 11) is -1.78. The molecule has 0 amide bonds. The number of hydrogen-bond acceptors (Lipinski definition) is 5. The number of pyridine rings is 1. The SMILES string of the molecule is COc1cc(Cl)c(C)cc1Nc1ccc(NS(C)(=O)=O)nc1. The summed E-state index contributed by atoms with van der Waals surface area (Å²) < 4.78 is 29.9. The van der Waals surface area contributed by atoms with Gasteiger partial charge in [-0.2, -0.15) is 0 Å². The van der Waals surface area contributed by atoms with E-state index in [0.717, 1.165) is 17.5 Å². The fraction of sp³-hybridized carbons (Fsp3) is 0.214. The highest BCUT2D eigenvalue weighted by atomic mass is 35.5. The number of aryl methyl sites for hydroxylation is 1. The Morgan fingerprint density at radius 3 is 2.55 bits per heavy atom. The number of halogens is 1. The number of benzene rings is 1. The second-order valence-electron chi connectivity index (χ2n) is 4.73. The third kappa shape index (κ3) is 4.25. The van der Waals surface area contributed by atoms with Crippen molar-refractivity contribution in [3.05, 3.63) is 41.0 Å². The molecular formula is C14H16ClN3O3S. The number of rotatable bonds is 5. The molecule has 0 saturated heterocycles. The van der Waals surface area contributed by atoms with Gasteiger partial charge in [0.05, 0.1) is 30.9 Å². The van der Waals surface area contributed by atoms with Crippen molar-refractivity contribution in [3.8, 4) is 5.75 Å². The molecule has 0 radical (unpaired) electrons. The van der Waals surface area contributed by atoms with Crippen molar-refractivity contribution < 1.29 is 13.2 Å². The Kier molecular flexibility index (Phi) is 4.77. The first-order valence-electron chi connectivity index (χ1n) is 6.33. The summed E-state index contributed by atoms with van der Waals surface area (Å²) in [5.74, 6) is 0.862. The molecule has 0 bridgehead atoms. The standard InChI is InChI=1S/C14H16ClN3O3S/c1-9-6-12(13(21-2)7-11(9)15)17-10-4-5-14(16-8-10)18-22(3,19)20/h4-8,17H,1-3H3,(H,16,18). The minimum Gasteiger partial charge on any atom is -0.495 e. The van der Waals surface area contributed by atoms with Crippen molar-refractivity contribution in [1.82, 2.24) is 4.98 Å². The Bertz CT molecular complexity index is 777. The molecule has 6 nitrogen and oxygen atoms in total. The fourth-order valence-electron chi connectivity index (χ4n) is 1.80. The lowest BCUT2D eigenvalue weighted by atomic mass is 10.2. The predicted octanol–water partition coefficient (Wildman–Crippen LogP) is 3.17. The monoisotopic (exact) mass is 341 g/mol. The van der Waals surface area contributed by atoms with E-state index < -0.39 is 10.0 Å². The average molecular weight is 342 g/mol. The van der Waals surface area contributed by atoms with Crippen LogP contribution in [-0.2, 0) is 10.0 Å². The Morgan fingerprint density at radius 2 is 2.00 bits per heavy atom. The molecule has 1 aromatic heterocycles. The van der Waals surface area contributed by atoms with E-state index in [0.29, 0.717) is 16.5 Å². The predicted molar refractivity (Wildman–Crippen MR) is 88.7 cm³/mol. The van der Waals surface area contributed by atoms with Gasteiger partial charge in [0.2, 0.25) is 10.0 Å². The molecule has 2 N–H and O–H groups in total. The number of sulfonamides is 1. The molecule has 2 aromatic rings. The summed E-state index contributed by atoms with van der Waals surface area (Å²) >= 11 is 6.06. The second kappa shape index (κ2) is 6.41. The molecular weight excluding hydrogens is 326 g/mol. The van der Waals surface area contributed by atoms with Crippen molar-refractivity contribution >= 4 is 38.8 Å². The van der Waals surface area contributed by atoms with Crippen LogP contribution in [-0.4, -0.2) is 26.8 Å². The maximum absolute atomic E-state index is 11.1. The molecule has 0 aliphatic carbocycles. The zero-order valence-corrected chi connectivity index (χ0v) is 13.9. The first-order valence-corrected chi connectivity index (χ1v) is 8.60. The lowest BCUT2D eigenvalue weighted by molar-refractivity contribution is 0.417. The van der Waals surface area contributed by atoms with Gasteiger partial charge in [-0.25, -0.2) is 13.4 Å². The van der Waals surface area contributed by atoms with E-state index in [-0.39, 0.29) is 5.82 Å². The van der Waals surface area contributed by atoms with Crippen LogP contribution in [0.1, 0.15) is 5.56 Å². The number of ether oxygens (including phenoxy) is 1. The van der Waals surface area contributed by atoms with Crippen molar-refractivity contribution in [3.63, 3.8) is 0 Å². The summed E-state index contributed by atoms with van der Waals surface area (Å²) in [6.07, 6.45) is 2.60. The Balaban J connectivity index is 2.23. The number of nitrogens with one attached hydrogen (secondary N) is 2. The Morgan fingerprint density at radius 1 is 1.27 bits per heavy atom. The molecule has 0 saturated carbocycles. The highest BCUT2D eigenvalue weighted by Crippen LogP contribution is 2.33. The van der Waals surface area contributed by atoms with E-state index in [9.17, 15) is 8.42 Å². The van der Waals surface area contributed by atoms with Crippen LogP contribution in [0, 0.1) is 6.92 Å². The van der Waals surface area contributed by atoms with Gasteiger partial charge in [-0.3, -0.25) is 4.72 Å². The minimum atomic E-state index is -3.34. The van der Waals surface area contributed by atoms with Gasteiger partial charge in [0.1, 0.15) is 11.6 Å². The first kappa shape index (κ1) is 16.4. The number of anilines is 3. The molecule has 0 atom stereocenters. The molecule has 0 unspecified atom stereocenters. The van der Waals surface area contributed by atoms with Crippen LogP contribution in [0.3, 0.4) is 0 Å². The van der Waals surface area contributed by atoms with Gasteiger partial charge in [-0.05, 0) is 30.7 Å². The van der Waals surface area contributed by atoms with Crippen molar-refractivity contribution in [2.75, 3.05) is 23.4 Å². The number of methoxy groups -OCH3 is 1. The summed E-state index contributed by atoms with van der Waals surface area (Å²) in [6, 6.07) is 6.87. The lowest BCUT2D eigenvalue weighted by Gasteiger charge is -2.13. The zero-order chi connectivity index (χ0) is 16.3. The summed E-state index contributed by atoms with van der Waals surface area (Å²) in [5.41, 5.74) is 2.35. The first-order chi connectivity index (χ1) is 10.3. The third-order valence-corrected chi connectivity index (χ3v) is 3.80. The Labute approximate surface area is 134 Å². The fourth-order valence-corrected chi connectivity index (χ4v) is 2.46. The number of nitrogens with zero attached hydrogens (tertiary/aromatic N) is 1. The topological polar surface area (TPSA) is 80.3 Å². The van der Waals surface area contributed by atoms with E-state index in [2.05, 4.69) is 15.0 Å². The third-order valence-electron chi connectivity index (χ3n) is 2.81. The highest BCUT2D eigenvalue weighted by Gasteiger charge is 2.08. The molecule has 2 rings (SSSR count). The quantitative estimate of drug-likeness (QED) is 0.873. The minimum absolute atomic E-state index is 0.257. The second-order valence-corrected chi connectivity index (χ2v) is 6.89. The van der Waals surface area contributed by atoms with Gasteiger partial charge in [0.15, 0.2) is 0 Å². The van der Waals surface area contributed by atoms with Crippen molar-refractivity contribution in [2.24, 2.45) is 0 Å². The van der Waals surface area contributed by atoms with Crippen LogP contribution >= 0.6 is 11.6 Å². The summed E-state index contributed by atoms with van der Waals surface area (Å²) in [4.78, 5) is 4.04. The van der Waals surface area contributed by atoms with Gasteiger partial charge >= 0.3 is 0 Å². The van der Waals surface area contributed by atoms with E-state index in [4.69, 9.17) is 16.3 Å². The summed E-state index contributed by atoms with van der Waals surface area (Å²) in [5, 5.41) is 3.78. The molecule has 0 spiro atoms. The van der Waals surface area contributed by atoms with Crippen LogP contribution in [0.2, 0.25) is 5.02 Å². The molecule has 22 heavy (non-hydrogen) atoms. The van der Waals surface area contributed by atoms with E-state index in [1.165, 1.54) is 6.20 Å². The van der Waals surface area contributed by atoms with Crippen LogP contribution < -0.4 is 14.8 Å². The Hall–Kier alpha value is -1.99. The van der Waals surface area contributed by atoms with E-state index in [1.54, 1.807) is 25.3 Å². The molecule has 0 aliphatic rings. The van der Waals surface area contributed by atoms with E-state index >= 15 is 0 Å². The van der Waals surface area contributed by atoms with Gasteiger partial charge in [-0.15, -0.1) is 0 Å². The van der Waals surface area contributed by atoms with Crippen LogP contribution in [0.5, 0.6) is 5.75 Å². The molecule has 0 aliphatic heterocycles. The number of aromatic nitrogens is 1. The molecule has 1 aromatic carbocycles. The van der Waals surface area contributed by atoms with Gasteiger partial charge in [0, 0.05) is 11.1 Å². The smallest absolute Gasteiger partial charge is 0.230 e. The van der Waals surface area contributed by atoms with Gasteiger partial charge in [0.25, 0.3) is 0 Å². The summed E-state index contributed by atoms with van der Waals surface area (Å²) in [6.45, 7) is 1.89. The average Bonchev–Trinajstić information content (AvgIpc) is 2.43. The van der Waals surface area contributed by atoms with Crippen LogP contribution in [0.15, 0.2) is 30.5 Å². The zero-order valence-electron chi connectivity index (χ0n) is 12.3. The van der Waals surface area contributed by atoms with Crippen molar-refractivity contribution in [1.29, 1.82) is 0 Å². The largest absolute Gasteiger partial charge is 0.495 e. The number of hydrogen-bond donors (Lipinski definition) is 2.